The number of phenols is 2. The van der Waals surface area contributed by atoms with Crippen LogP contribution in [-0.4, -0.2) is 33.0 Å². The van der Waals surface area contributed by atoms with Gasteiger partial charge in [0, 0.05) is 34.4 Å². The van der Waals surface area contributed by atoms with Crippen molar-refractivity contribution < 1.29 is 14.4 Å². The highest BCUT2D eigenvalue weighted by atomic mass is 32.2. The van der Waals surface area contributed by atoms with Crippen LogP contribution in [0.15, 0.2) is 18.2 Å². The Labute approximate surface area is 104 Å². The van der Waals surface area contributed by atoms with Gasteiger partial charge in [-0.25, -0.2) is 0 Å². The van der Waals surface area contributed by atoms with Crippen LogP contribution in [0.4, 0.5) is 0 Å². The Kier molecular flexibility index (Phi) is 5.44. The van der Waals surface area contributed by atoms with Crippen molar-refractivity contribution in [2.24, 2.45) is 0 Å². The summed E-state index contributed by atoms with van der Waals surface area (Å²) >= 11 is 0. The first-order chi connectivity index (χ1) is 8.00. The Bertz CT molecular complexity index is 395. The van der Waals surface area contributed by atoms with Gasteiger partial charge in [0.25, 0.3) is 0 Å². The van der Waals surface area contributed by atoms with Crippen LogP contribution in [0.25, 0.3) is 0 Å². The number of nitrogens with one attached hydrogen (secondary N) is 1. The molecular weight excluding hydrogens is 238 g/mol. The second kappa shape index (κ2) is 6.61. The van der Waals surface area contributed by atoms with E-state index in [0.29, 0.717) is 11.3 Å². The molecule has 2 atom stereocenters. The monoisotopic (exact) mass is 257 g/mol. The molecule has 2 unspecified atom stereocenters. The van der Waals surface area contributed by atoms with Crippen LogP contribution >= 0.6 is 0 Å². The lowest BCUT2D eigenvalue weighted by molar-refractivity contribution is 0.441. The molecule has 0 spiro atoms. The van der Waals surface area contributed by atoms with Gasteiger partial charge in [0.1, 0.15) is 11.5 Å². The molecule has 17 heavy (non-hydrogen) atoms. The van der Waals surface area contributed by atoms with Crippen LogP contribution in [0.5, 0.6) is 11.5 Å². The van der Waals surface area contributed by atoms with E-state index in [2.05, 4.69) is 5.32 Å². The molecule has 5 heteroatoms. The van der Waals surface area contributed by atoms with Gasteiger partial charge in [-0.1, -0.05) is 0 Å². The van der Waals surface area contributed by atoms with Crippen molar-refractivity contribution in [2.45, 2.75) is 19.4 Å². The molecule has 1 rings (SSSR count). The zero-order valence-electron chi connectivity index (χ0n) is 10.1. The Morgan fingerprint density at radius 3 is 2.76 bits per heavy atom. The Morgan fingerprint density at radius 2 is 2.12 bits per heavy atom. The van der Waals surface area contributed by atoms with E-state index in [1.165, 1.54) is 12.1 Å². The van der Waals surface area contributed by atoms with E-state index in [9.17, 15) is 14.4 Å². The van der Waals surface area contributed by atoms with E-state index in [1.54, 1.807) is 12.3 Å². The molecule has 0 bridgehead atoms. The number of aromatic hydroxyl groups is 2. The Morgan fingerprint density at radius 1 is 1.41 bits per heavy atom. The highest BCUT2D eigenvalue weighted by molar-refractivity contribution is 7.84. The van der Waals surface area contributed by atoms with Gasteiger partial charge in [-0.05, 0) is 38.1 Å². The molecule has 0 saturated heterocycles. The average Bonchev–Trinajstić information content (AvgIpc) is 2.27. The molecule has 0 aromatic heterocycles. The van der Waals surface area contributed by atoms with Gasteiger partial charge >= 0.3 is 0 Å². The highest BCUT2D eigenvalue weighted by Crippen LogP contribution is 2.27. The smallest absolute Gasteiger partial charge is 0.120 e. The molecule has 0 aliphatic rings. The van der Waals surface area contributed by atoms with Crippen LogP contribution in [0.3, 0.4) is 0 Å². The van der Waals surface area contributed by atoms with Crippen LogP contribution in [0, 0.1) is 0 Å². The molecule has 0 heterocycles. The van der Waals surface area contributed by atoms with Gasteiger partial charge < -0.3 is 15.5 Å². The predicted molar refractivity (Wildman–Crippen MR) is 69.7 cm³/mol. The van der Waals surface area contributed by atoms with Crippen molar-refractivity contribution in [1.82, 2.24) is 5.32 Å². The standard InChI is InChI=1S/C12H19NO3S/c1-9(13-6-3-7-17(2)16)11-8-10(14)4-5-12(11)15/h4-5,8-9,13-15H,3,6-7H2,1-2H3. The van der Waals surface area contributed by atoms with E-state index in [1.807, 2.05) is 6.92 Å². The van der Waals surface area contributed by atoms with Crippen molar-refractivity contribution in [3.63, 3.8) is 0 Å². The molecule has 1 aromatic rings. The van der Waals surface area contributed by atoms with Gasteiger partial charge in [0.05, 0.1) is 0 Å². The lowest BCUT2D eigenvalue weighted by atomic mass is 10.1. The molecule has 0 aliphatic heterocycles. The van der Waals surface area contributed by atoms with E-state index < -0.39 is 10.8 Å². The summed E-state index contributed by atoms with van der Waals surface area (Å²) in [5, 5.41) is 22.2. The number of phenolic OH excluding ortho intramolecular Hbond substituents is 2. The van der Waals surface area contributed by atoms with Crippen molar-refractivity contribution in [3.8, 4) is 11.5 Å². The summed E-state index contributed by atoms with van der Waals surface area (Å²) in [5.41, 5.74) is 0.669. The van der Waals surface area contributed by atoms with Crippen LogP contribution in [0.1, 0.15) is 24.9 Å². The molecule has 96 valence electrons. The zero-order valence-corrected chi connectivity index (χ0v) is 11.0. The van der Waals surface area contributed by atoms with Gasteiger partial charge in [-0.15, -0.1) is 0 Å². The minimum Gasteiger partial charge on any atom is -0.508 e. The molecule has 0 radical (unpaired) electrons. The van der Waals surface area contributed by atoms with Crippen LogP contribution < -0.4 is 5.32 Å². The normalized spacial score (nSPS) is 14.5. The van der Waals surface area contributed by atoms with Gasteiger partial charge in [0.15, 0.2) is 0 Å². The number of rotatable bonds is 6. The molecule has 0 fully saturated rings. The minimum absolute atomic E-state index is 0.0487. The molecule has 1 aromatic carbocycles. The summed E-state index contributed by atoms with van der Waals surface area (Å²) in [6.07, 6.45) is 2.51. The summed E-state index contributed by atoms with van der Waals surface area (Å²) in [7, 11) is -0.762. The fourth-order valence-corrected chi connectivity index (χ4v) is 2.14. The molecule has 0 saturated carbocycles. The van der Waals surface area contributed by atoms with E-state index in [0.717, 1.165) is 13.0 Å². The number of hydrogen-bond donors (Lipinski definition) is 3. The Hall–Kier alpha value is -1.07. The first kappa shape index (κ1) is 14.0. The van der Waals surface area contributed by atoms with E-state index in [4.69, 9.17) is 0 Å². The fraction of sp³-hybridized carbons (Fsp3) is 0.500. The Balaban J connectivity index is 2.49. The number of hydrogen-bond acceptors (Lipinski definition) is 4. The second-order valence-corrected chi connectivity index (χ2v) is 5.60. The van der Waals surface area contributed by atoms with Crippen LogP contribution in [-0.2, 0) is 10.8 Å². The quantitative estimate of drug-likeness (QED) is 0.534. The lowest BCUT2D eigenvalue weighted by Gasteiger charge is -2.15. The predicted octanol–water partition coefficient (Wildman–Crippen LogP) is 1.52. The van der Waals surface area contributed by atoms with E-state index >= 15 is 0 Å². The second-order valence-electron chi connectivity index (χ2n) is 4.05. The van der Waals surface area contributed by atoms with Gasteiger partial charge in [-0.3, -0.25) is 4.21 Å². The van der Waals surface area contributed by atoms with E-state index in [-0.39, 0.29) is 17.5 Å². The zero-order chi connectivity index (χ0) is 12.8. The van der Waals surface area contributed by atoms with Gasteiger partial charge in [-0.2, -0.15) is 0 Å². The first-order valence-corrected chi connectivity index (χ1v) is 7.28. The van der Waals surface area contributed by atoms with Crippen molar-refractivity contribution in [1.29, 1.82) is 0 Å². The van der Waals surface area contributed by atoms with Gasteiger partial charge in [0.2, 0.25) is 0 Å². The SMILES string of the molecule is CC(NCCCS(C)=O)c1cc(O)ccc1O. The summed E-state index contributed by atoms with van der Waals surface area (Å²) in [6, 6.07) is 4.42. The first-order valence-electron chi connectivity index (χ1n) is 5.56. The lowest BCUT2D eigenvalue weighted by Crippen LogP contribution is -2.21. The van der Waals surface area contributed by atoms with Crippen molar-refractivity contribution in [3.05, 3.63) is 23.8 Å². The highest BCUT2D eigenvalue weighted by Gasteiger charge is 2.10. The molecule has 0 amide bonds. The third-order valence-corrected chi connectivity index (χ3v) is 3.40. The largest absolute Gasteiger partial charge is 0.508 e. The maximum atomic E-state index is 10.9. The fourth-order valence-electron chi connectivity index (χ4n) is 1.59. The molecule has 3 N–H and O–H groups in total. The maximum absolute atomic E-state index is 10.9. The summed E-state index contributed by atoms with van der Waals surface area (Å²) < 4.78 is 10.9. The minimum atomic E-state index is -0.762. The maximum Gasteiger partial charge on any atom is 0.120 e. The molecule has 0 aliphatic carbocycles. The summed E-state index contributed by atoms with van der Waals surface area (Å²) in [4.78, 5) is 0. The van der Waals surface area contributed by atoms with Crippen LogP contribution in [0.2, 0.25) is 0 Å². The van der Waals surface area contributed by atoms with Crippen molar-refractivity contribution >= 4 is 10.8 Å². The molecule has 4 nitrogen and oxygen atoms in total. The topological polar surface area (TPSA) is 69.6 Å². The summed E-state index contributed by atoms with van der Waals surface area (Å²) in [5.74, 6) is 0.981. The molecular formula is C12H19NO3S. The van der Waals surface area contributed by atoms with Crippen molar-refractivity contribution in [2.75, 3.05) is 18.6 Å². The average molecular weight is 257 g/mol. The number of benzene rings is 1. The summed E-state index contributed by atoms with van der Waals surface area (Å²) in [6.45, 7) is 2.65. The third-order valence-electron chi connectivity index (χ3n) is 2.54. The third kappa shape index (κ3) is 4.75.